The molecule has 0 fully saturated rings. The molecule has 1 amide bonds. The number of nitro groups is 1. The molecule has 0 radical (unpaired) electrons. The van der Waals surface area contributed by atoms with Crippen molar-refractivity contribution in [1.29, 1.82) is 0 Å². The monoisotopic (exact) mass is 283 g/mol. The normalized spacial score (nSPS) is 10.5. The van der Waals surface area contributed by atoms with Crippen LogP contribution in [-0.2, 0) is 0 Å². The molecule has 2 aromatic rings. The van der Waals surface area contributed by atoms with Gasteiger partial charge < -0.3 is 0 Å². The molecule has 0 saturated heterocycles. The molecule has 0 unspecified atom stereocenters. The number of hydrogen-bond acceptors (Lipinski definition) is 4. The van der Waals surface area contributed by atoms with E-state index < -0.39 is 4.92 Å². The fourth-order valence-corrected chi connectivity index (χ4v) is 1.69. The van der Waals surface area contributed by atoms with Crippen LogP contribution in [0.1, 0.15) is 21.5 Å². The molecule has 0 atom stereocenters. The minimum absolute atomic E-state index is 0.0640. The Labute approximate surface area is 121 Å². The number of hydrazone groups is 1. The molecule has 0 heterocycles. The van der Waals surface area contributed by atoms with Gasteiger partial charge in [0.15, 0.2) is 0 Å². The lowest BCUT2D eigenvalue weighted by atomic mass is 10.1. The summed E-state index contributed by atoms with van der Waals surface area (Å²) >= 11 is 0. The summed E-state index contributed by atoms with van der Waals surface area (Å²) in [5, 5.41) is 14.6. The van der Waals surface area contributed by atoms with Gasteiger partial charge in [-0.2, -0.15) is 5.10 Å². The molecule has 0 saturated carbocycles. The van der Waals surface area contributed by atoms with Crippen LogP contribution < -0.4 is 5.43 Å². The minimum Gasteiger partial charge on any atom is -0.267 e. The van der Waals surface area contributed by atoms with E-state index in [-0.39, 0.29) is 11.6 Å². The number of amides is 1. The summed E-state index contributed by atoms with van der Waals surface area (Å²) < 4.78 is 0. The maximum absolute atomic E-state index is 11.8. The minimum atomic E-state index is -0.497. The number of carbonyl (C=O) groups excluding carboxylic acids is 1. The number of benzene rings is 2. The topological polar surface area (TPSA) is 84.6 Å². The quantitative estimate of drug-likeness (QED) is 0.532. The van der Waals surface area contributed by atoms with Gasteiger partial charge in [0.2, 0.25) is 0 Å². The Morgan fingerprint density at radius 1 is 1.19 bits per heavy atom. The van der Waals surface area contributed by atoms with Crippen LogP contribution in [-0.4, -0.2) is 17.0 Å². The van der Waals surface area contributed by atoms with Gasteiger partial charge in [-0.15, -0.1) is 0 Å². The van der Waals surface area contributed by atoms with Gasteiger partial charge in [-0.1, -0.05) is 29.8 Å². The van der Waals surface area contributed by atoms with E-state index in [1.165, 1.54) is 12.3 Å². The molecule has 106 valence electrons. The van der Waals surface area contributed by atoms with Gasteiger partial charge in [-0.05, 0) is 25.1 Å². The first-order chi connectivity index (χ1) is 10.1. The number of carbonyl (C=O) groups is 1. The number of rotatable bonds is 4. The molecular formula is C15H13N3O3. The molecular weight excluding hydrogens is 270 g/mol. The van der Waals surface area contributed by atoms with E-state index in [4.69, 9.17) is 0 Å². The van der Waals surface area contributed by atoms with Crippen molar-refractivity contribution >= 4 is 17.8 Å². The Morgan fingerprint density at radius 3 is 2.52 bits per heavy atom. The third kappa shape index (κ3) is 3.73. The Kier molecular flexibility index (Phi) is 4.40. The van der Waals surface area contributed by atoms with Crippen molar-refractivity contribution in [3.8, 4) is 0 Å². The van der Waals surface area contributed by atoms with Crippen LogP contribution in [0.5, 0.6) is 0 Å². The standard InChI is InChI=1S/C15H13N3O3/c1-11-6-8-12(9-7-11)15(19)17-16-10-13-4-2-3-5-14(13)18(20)21/h2-10H,1H3,(H,17,19)/b16-10-. The van der Waals surface area contributed by atoms with E-state index in [1.54, 1.807) is 30.3 Å². The first kappa shape index (κ1) is 14.4. The number of aryl methyl sites for hydroxylation is 1. The van der Waals surface area contributed by atoms with Crippen molar-refractivity contribution < 1.29 is 9.72 Å². The van der Waals surface area contributed by atoms with Crippen molar-refractivity contribution in [2.45, 2.75) is 6.92 Å². The van der Waals surface area contributed by atoms with Crippen LogP contribution in [0.15, 0.2) is 53.6 Å². The SMILES string of the molecule is Cc1ccc(C(=O)N/N=C\c2ccccc2[N+](=O)[O-])cc1. The van der Waals surface area contributed by atoms with E-state index in [0.29, 0.717) is 11.1 Å². The van der Waals surface area contributed by atoms with E-state index in [2.05, 4.69) is 10.5 Å². The van der Waals surface area contributed by atoms with Gasteiger partial charge >= 0.3 is 0 Å². The first-order valence-corrected chi connectivity index (χ1v) is 6.21. The lowest BCUT2D eigenvalue weighted by molar-refractivity contribution is -0.385. The molecule has 0 spiro atoms. The number of hydrogen-bond donors (Lipinski definition) is 1. The molecule has 0 bridgehead atoms. The molecule has 2 aromatic carbocycles. The molecule has 0 aliphatic rings. The lowest BCUT2D eigenvalue weighted by Crippen LogP contribution is -2.17. The maximum atomic E-state index is 11.8. The second kappa shape index (κ2) is 6.42. The van der Waals surface area contributed by atoms with Crippen LogP contribution in [0.4, 0.5) is 5.69 Å². The summed E-state index contributed by atoms with van der Waals surface area (Å²) in [6, 6.07) is 13.2. The van der Waals surface area contributed by atoms with E-state index >= 15 is 0 Å². The third-order valence-corrected chi connectivity index (χ3v) is 2.82. The molecule has 21 heavy (non-hydrogen) atoms. The smallest absolute Gasteiger partial charge is 0.267 e. The molecule has 0 aromatic heterocycles. The zero-order valence-corrected chi connectivity index (χ0v) is 11.3. The molecule has 6 nitrogen and oxygen atoms in total. The van der Waals surface area contributed by atoms with Crippen molar-refractivity contribution in [3.05, 3.63) is 75.3 Å². The van der Waals surface area contributed by atoms with Crippen molar-refractivity contribution in [2.24, 2.45) is 5.10 Å². The van der Waals surface area contributed by atoms with Crippen molar-refractivity contribution in [3.63, 3.8) is 0 Å². The zero-order chi connectivity index (χ0) is 15.2. The molecule has 6 heteroatoms. The highest BCUT2D eigenvalue weighted by Gasteiger charge is 2.10. The maximum Gasteiger partial charge on any atom is 0.278 e. The number of para-hydroxylation sites is 1. The van der Waals surface area contributed by atoms with Crippen LogP contribution in [0.25, 0.3) is 0 Å². The largest absolute Gasteiger partial charge is 0.278 e. The Bertz CT molecular complexity index is 694. The van der Waals surface area contributed by atoms with Crippen LogP contribution in [0.3, 0.4) is 0 Å². The number of nitrogens with one attached hydrogen (secondary N) is 1. The number of nitro benzene ring substituents is 1. The van der Waals surface area contributed by atoms with Gasteiger partial charge in [-0.25, -0.2) is 5.43 Å². The molecule has 0 aliphatic heterocycles. The lowest BCUT2D eigenvalue weighted by Gasteiger charge is -2.00. The Hall–Kier alpha value is -3.02. The summed E-state index contributed by atoms with van der Waals surface area (Å²) in [4.78, 5) is 22.1. The average Bonchev–Trinajstić information content (AvgIpc) is 2.48. The summed E-state index contributed by atoms with van der Waals surface area (Å²) in [6.45, 7) is 1.92. The van der Waals surface area contributed by atoms with E-state index in [1.807, 2.05) is 19.1 Å². The average molecular weight is 283 g/mol. The van der Waals surface area contributed by atoms with Gasteiger partial charge in [-0.3, -0.25) is 14.9 Å². The third-order valence-electron chi connectivity index (χ3n) is 2.82. The Balaban J connectivity index is 2.07. The van der Waals surface area contributed by atoms with Crippen LogP contribution in [0, 0.1) is 17.0 Å². The van der Waals surface area contributed by atoms with E-state index in [0.717, 1.165) is 5.56 Å². The van der Waals surface area contributed by atoms with Gasteiger partial charge in [0.05, 0.1) is 16.7 Å². The fourth-order valence-electron chi connectivity index (χ4n) is 1.69. The highest BCUT2D eigenvalue weighted by Crippen LogP contribution is 2.15. The summed E-state index contributed by atoms with van der Waals surface area (Å²) in [6.07, 6.45) is 1.25. The summed E-state index contributed by atoms with van der Waals surface area (Å²) in [5.74, 6) is -0.371. The highest BCUT2D eigenvalue weighted by atomic mass is 16.6. The highest BCUT2D eigenvalue weighted by molar-refractivity contribution is 5.95. The predicted octanol–water partition coefficient (Wildman–Crippen LogP) is 2.67. The zero-order valence-electron chi connectivity index (χ0n) is 11.3. The predicted molar refractivity (Wildman–Crippen MR) is 79.3 cm³/mol. The van der Waals surface area contributed by atoms with Crippen LogP contribution in [0.2, 0.25) is 0 Å². The second-order valence-electron chi connectivity index (χ2n) is 4.38. The molecule has 1 N–H and O–H groups in total. The summed E-state index contributed by atoms with van der Waals surface area (Å²) in [7, 11) is 0. The molecule has 2 rings (SSSR count). The fraction of sp³-hybridized carbons (Fsp3) is 0.0667. The van der Waals surface area contributed by atoms with Gasteiger partial charge in [0, 0.05) is 11.6 Å². The van der Waals surface area contributed by atoms with Crippen LogP contribution >= 0.6 is 0 Å². The number of nitrogens with zero attached hydrogens (tertiary/aromatic N) is 2. The first-order valence-electron chi connectivity index (χ1n) is 6.21. The van der Waals surface area contributed by atoms with Gasteiger partial charge in [0.25, 0.3) is 11.6 Å². The Morgan fingerprint density at radius 2 is 1.86 bits per heavy atom. The van der Waals surface area contributed by atoms with E-state index in [9.17, 15) is 14.9 Å². The molecule has 0 aliphatic carbocycles. The second-order valence-corrected chi connectivity index (χ2v) is 4.38. The van der Waals surface area contributed by atoms with Crippen molar-refractivity contribution in [1.82, 2.24) is 5.43 Å². The van der Waals surface area contributed by atoms with Gasteiger partial charge in [0.1, 0.15) is 0 Å². The summed E-state index contributed by atoms with van der Waals surface area (Å²) in [5.41, 5.74) is 4.13. The van der Waals surface area contributed by atoms with Crippen molar-refractivity contribution in [2.75, 3.05) is 0 Å².